The van der Waals surface area contributed by atoms with E-state index in [1.807, 2.05) is 24.3 Å². The fourth-order valence-electron chi connectivity index (χ4n) is 3.67. The van der Waals surface area contributed by atoms with Crippen molar-refractivity contribution in [3.63, 3.8) is 0 Å². The predicted octanol–water partition coefficient (Wildman–Crippen LogP) is 2.40. The number of hydrogen-bond acceptors (Lipinski definition) is 6. The maximum atomic E-state index is 13.1. The van der Waals surface area contributed by atoms with Gasteiger partial charge < -0.3 is 14.5 Å². The number of aromatic amines is 1. The fourth-order valence-corrected chi connectivity index (χ4v) is 5.11. The van der Waals surface area contributed by atoms with Crippen molar-refractivity contribution in [1.29, 1.82) is 0 Å². The second-order valence-corrected chi connectivity index (χ2v) is 9.19. The average molecular weight is 445 g/mol. The van der Waals surface area contributed by atoms with Crippen LogP contribution in [0.3, 0.4) is 0 Å². The minimum atomic E-state index is -3.84. The number of sulfonamides is 1. The third-order valence-electron chi connectivity index (χ3n) is 5.34. The lowest BCUT2D eigenvalue weighted by atomic mass is 9.98. The number of rotatable bonds is 7. The summed E-state index contributed by atoms with van der Waals surface area (Å²) in [4.78, 5) is 12.7. The summed E-state index contributed by atoms with van der Waals surface area (Å²) in [5.41, 5.74) is 1.45. The van der Waals surface area contributed by atoms with E-state index in [9.17, 15) is 13.2 Å². The van der Waals surface area contributed by atoms with Gasteiger partial charge in [-0.2, -0.15) is 9.40 Å². The highest BCUT2D eigenvalue weighted by Gasteiger charge is 2.35. The fraction of sp³-hybridized carbons (Fsp3) is 0.333. The first-order valence-electron chi connectivity index (χ1n) is 9.98. The Kier molecular flexibility index (Phi) is 6.10. The van der Waals surface area contributed by atoms with Crippen LogP contribution in [-0.4, -0.2) is 49.0 Å². The highest BCUT2D eigenvalue weighted by atomic mass is 32.2. The summed E-state index contributed by atoms with van der Waals surface area (Å²) in [6.07, 6.45) is 2.78. The number of carbonyl (C=O) groups excluding carboxylic acids is 1. The van der Waals surface area contributed by atoms with Crippen LogP contribution in [-0.2, 0) is 21.4 Å². The SMILES string of the molecule is COc1ccccc1CNC(=O)[C@@H]1CCCN(S(=O)(=O)c2ccc(-c3ccn[nH]3)o2)C1. The second-order valence-electron chi connectivity index (χ2n) is 7.32. The summed E-state index contributed by atoms with van der Waals surface area (Å²) in [6, 6.07) is 12.2. The lowest BCUT2D eigenvalue weighted by Crippen LogP contribution is -2.45. The Hall–Kier alpha value is -3.11. The molecule has 2 N–H and O–H groups in total. The molecule has 31 heavy (non-hydrogen) atoms. The minimum Gasteiger partial charge on any atom is -0.496 e. The molecule has 2 aromatic heterocycles. The zero-order valence-corrected chi connectivity index (χ0v) is 17.9. The molecule has 0 saturated carbocycles. The molecule has 0 aliphatic carbocycles. The summed E-state index contributed by atoms with van der Waals surface area (Å²) in [5, 5.41) is 9.34. The quantitative estimate of drug-likeness (QED) is 0.578. The Labute approximate surface area is 180 Å². The molecule has 1 aliphatic heterocycles. The number of nitrogens with one attached hydrogen (secondary N) is 2. The van der Waals surface area contributed by atoms with E-state index in [2.05, 4.69) is 15.5 Å². The van der Waals surface area contributed by atoms with E-state index in [-0.39, 0.29) is 17.5 Å². The van der Waals surface area contributed by atoms with Crippen LogP contribution in [0.4, 0.5) is 0 Å². The van der Waals surface area contributed by atoms with Crippen molar-refractivity contribution in [1.82, 2.24) is 19.8 Å². The van der Waals surface area contributed by atoms with Gasteiger partial charge in [-0.25, -0.2) is 8.42 Å². The molecule has 0 unspecified atom stereocenters. The van der Waals surface area contributed by atoms with Crippen LogP contribution in [0, 0.1) is 5.92 Å². The molecule has 0 spiro atoms. The topological polar surface area (TPSA) is 118 Å². The van der Waals surface area contributed by atoms with Crippen LogP contribution >= 0.6 is 0 Å². The van der Waals surface area contributed by atoms with Gasteiger partial charge in [0.1, 0.15) is 11.4 Å². The number of piperidine rings is 1. The molecule has 1 atom stereocenters. The molecule has 3 aromatic rings. The number of furan rings is 1. The van der Waals surface area contributed by atoms with E-state index in [1.165, 1.54) is 10.4 Å². The smallest absolute Gasteiger partial charge is 0.276 e. The Morgan fingerprint density at radius 1 is 1.29 bits per heavy atom. The molecule has 164 valence electrons. The zero-order valence-electron chi connectivity index (χ0n) is 17.1. The molecule has 0 radical (unpaired) electrons. The highest BCUT2D eigenvalue weighted by Crippen LogP contribution is 2.28. The van der Waals surface area contributed by atoms with Gasteiger partial charge in [-0.15, -0.1) is 0 Å². The molecule has 1 amide bonds. The molecule has 10 heteroatoms. The van der Waals surface area contributed by atoms with E-state index >= 15 is 0 Å². The first-order chi connectivity index (χ1) is 15.0. The van der Waals surface area contributed by atoms with Crippen molar-refractivity contribution in [2.75, 3.05) is 20.2 Å². The lowest BCUT2D eigenvalue weighted by Gasteiger charge is -2.30. The lowest BCUT2D eigenvalue weighted by molar-refractivity contribution is -0.126. The number of hydrogen-bond donors (Lipinski definition) is 2. The highest BCUT2D eigenvalue weighted by molar-refractivity contribution is 7.89. The molecule has 1 aromatic carbocycles. The molecule has 4 rings (SSSR count). The Balaban J connectivity index is 1.42. The molecule has 3 heterocycles. The molecule has 1 saturated heterocycles. The number of ether oxygens (including phenoxy) is 1. The number of carbonyl (C=O) groups is 1. The Morgan fingerprint density at radius 2 is 2.13 bits per heavy atom. The van der Waals surface area contributed by atoms with Gasteiger partial charge in [-0.05, 0) is 37.1 Å². The van der Waals surface area contributed by atoms with Crippen molar-refractivity contribution >= 4 is 15.9 Å². The summed E-state index contributed by atoms with van der Waals surface area (Å²) in [6.45, 7) is 0.775. The summed E-state index contributed by atoms with van der Waals surface area (Å²) in [7, 11) is -2.26. The molecular formula is C21H24N4O5S. The van der Waals surface area contributed by atoms with Crippen LogP contribution in [0.5, 0.6) is 5.75 Å². The first-order valence-corrected chi connectivity index (χ1v) is 11.4. The third kappa shape index (κ3) is 4.49. The van der Waals surface area contributed by atoms with Gasteiger partial charge in [0.2, 0.25) is 11.0 Å². The number of amides is 1. The maximum absolute atomic E-state index is 13.1. The average Bonchev–Trinajstić information content (AvgIpc) is 3.50. The molecule has 0 bridgehead atoms. The summed E-state index contributed by atoms with van der Waals surface area (Å²) >= 11 is 0. The first kappa shape index (κ1) is 21.1. The zero-order chi connectivity index (χ0) is 21.8. The predicted molar refractivity (Wildman–Crippen MR) is 113 cm³/mol. The third-order valence-corrected chi connectivity index (χ3v) is 7.08. The summed E-state index contributed by atoms with van der Waals surface area (Å²) in [5.74, 6) is 0.476. The van der Waals surface area contributed by atoms with E-state index in [4.69, 9.17) is 9.15 Å². The number of aromatic nitrogens is 2. The van der Waals surface area contributed by atoms with Crippen molar-refractivity contribution in [3.8, 4) is 17.2 Å². The Morgan fingerprint density at radius 3 is 2.90 bits per heavy atom. The van der Waals surface area contributed by atoms with Crippen molar-refractivity contribution in [2.45, 2.75) is 24.5 Å². The van der Waals surface area contributed by atoms with Crippen molar-refractivity contribution in [2.24, 2.45) is 5.92 Å². The van der Waals surface area contributed by atoms with Gasteiger partial charge in [0, 0.05) is 31.4 Å². The molecule has 1 fully saturated rings. The van der Waals surface area contributed by atoms with Gasteiger partial charge in [0.05, 0.1) is 13.0 Å². The van der Waals surface area contributed by atoms with Crippen LogP contribution in [0.2, 0.25) is 0 Å². The van der Waals surface area contributed by atoms with E-state index in [0.29, 0.717) is 43.1 Å². The second kappa shape index (κ2) is 8.94. The van der Waals surface area contributed by atoms with E-state index in [0.717, 1.165) is 5.56 Å². The number of H-pyrrole nitrogens is 1. The summed E-state index contributed by atoms with van der Waals surface area (Å²) < 4.78 is 38.3. The van der Waals surface area contributed by atoms with Gasteiger partial charge in [0.15, 0.2) is 5.76 Å². The molecule has 1 aliphatic rings. The molecule has 9 nitrogen and oxygen atoms in total. The van der Waals surface area contributed by atoms with E-state index < -0.39 is 15.9 Å². The Bertz CT molecular complexity index is 1140. The van der Waals surface area contributed by atoms with Crippen LogP contribution < -0.4 is 10.1 Å². The van der Waals surface area contributed by atoms with Crippen molar-refractivity contribution < 1.29 is 22.4 Å². The van der Waals surface area contributed by atoms with E-state index in [1.54, 1.807) is 25.4 Å². The number of benzene rings is 1. The van der Waals surface area contributed by atoms with Gasteiger partial charge in [0.25, 0.3) is 10.0 Å². The van der Waals surface area contributed by atoms with Gasteiger partial charge in [-0.1, -0.05) is 18.2 Å². The standard InChI is InChI=1S/C21H24N4O5S/c1-29-18-7-3-2-5-15(18)13-22-21(26)16-6-4-12-25(14-16)31(27,28)20-9-8-19(30-20)17-10-11-23-24-17/h2-3,5,7-11,16H,4,6,12-14H2,1H3,(H,22,26)(H,23,24)/t16-/m1/s1. The monoisotopic (exact) mass is 444 g/mol. The normalized spacial score (nSPS) is 17.4. The number of methoxy groups -OCH3 is 1. The number of nitrogens with zero attached hydrogens (tertiary/aromatic N) is 2. The van der Waals surface area contributed by atoms with Gasteiger partial charge >= 0.3 is 0 Å². The minimum absolute atomic E-state index is 0.111. The van der Waals surface area contributed by atoms with Crippen molar-refractivity contribution in [3.05, 3.63) is 54.2 Å². The maximum Gasteiger partial charge on any atom is 0.276 e. The van der Waals surface area contributed by atoms with Crippen LogP contribution in [0.25, 0.3) is 11.5 Å². The molecular weight excluding hydrogens is 420 g/mol. The number of para-hydroxylation sites is 1. The largest absolute Gasteiger partial charge is 0.496 e. The van der Waals surface area contributed by atoms with Gasteiger partial charge in [-0.3, -0.25) is 9.89 Å². The van der Waals surface area contributed by atoms with Crippen LogP contribution in [0.1, 0.15) is 18.4 Å². The van der Waals surface area contributed by atoms with Crippen LogP contribution in [0.15, 0.2) is 58.2 Å².